The lowest BCUT2D eigenvalue weighted by Gasteiger charge is -2.22. The smallest absolute Gasteiger partial charge is 0.171 e. The fraction of sp³-hybridized carbons (Fsp3) is 0.467. The molecule has 19 heavy (non-hydrogen) atoms. The lowest BCUT2D eigenvalue weighted by molar-refractivity contribution is 0.102. The molecule has 1 aliphatic carbocycles. The molecule has 0 spiro atoms. The van der Waals surface area contributed by atoms with E-state index in [1.807, 2.05) is 0 Å². The number of fused-ring (bicyclic) bond motifs is 2. The number of thiophene rings is 1. The average molecular weight is 274 g/mol. The molecule has 0 aromatic carbocycles. The van der Waals surface area contributed by atoms with Crippen molar-refractivity contribution in [1.82, 2.24) is 4.98 Å². The van der Waals surface area contributed by atoms with Crippen molar-refractivity contribution in [3.05, 3.63) is 22.2 Å². The number of hydrogen-bond donors (Lipinski definition) is 1. The maximum Gasteiger partial charge on any atom is 0.171 e. The molecule has 1 aliphatic rings. The number of carbonyl (C=O) groups is 1. The van der Waals surface area contributed by atoms with E-state index in [2.05, 4.69) is 13.0 Å². The minimum Gasteiger partial charge on any atom is -0.397 e. The highest BCUT2D eigenvalue weighted by Gasteiger charge is 2.21. The summed E-state index contributed by atoms with van der Waals surface area (Å²) >= 11 is 1.43. The monoisotopic (exact) mass is 274 g/mol. The second-order valence-corrected chi connectivity index (χ2v) is 6.36. The number of pyridine rings is 1. The molecule has 0 fully saturated rings. The Bertz CT molecular complexity index is 660. The normalized spacial score (nSPS) is 18.5. The summed E-state index contributed by atoms with van der Waals surface area (Å²) in [4.78, 5) is 17.9. The lowest BCUT2D eigenvalue weighted by Crippen LogP contribution is -2.14. The number of hydrogen-bond acceptors (Lipinski definition) is 4. The minimum atomic E-state index is 0.0323. The number of nitrogen functional groups attached to an aromatic ring is 1. The Morgan fingerprint density at radius 3 is 3.05 bits per heavy atom. The number of aryl methyl sites for hydroxylation is 1. The first-order valence-corrected chi connectivity index (χ1v) is 7.63. The van der Waals surface area contributed by atoms with Gasteiger partial charge in [0.25, 0.3) is 0 Å². The van der Waals surface area contributed by atoms with Gasteiger partial charge < -0.3 is 5.73 Å². The van der Waals surface area contributed by atoms with Crippen LogP contribution >= 0.6 is 11.3 Å². The molecule has 2 heterocycles. The summed E-state index contributed by atoms with van der Waals surface area (Å²) in [6.45, 7) is 3.81. The van der Waals surface area contributed by atoms with E-state index in [0.717, 1.165) is 29.0 Å². The number of anilines is 1. The Morgan fingerprint density at radius 2 is 2.37 bits per heavy atom. The molecule has 3 rings (SSSR count). The fourth-order valence-corrected chi connectivity index (χ4v) is 3.87. The van der Waals surface area contributed by atoms with Crippen LogP contribution in [0.4, 0.5) is 5.69 Å². The standard InChI is InChI=1S/C15H18N2OS/c1-3-9-4-5-12-10(6-9)7-11-13(16)14(8(2)18)19-15(11)17-12/h7,9H,3-6,16H2,1-2H3/t9-/m0/s1. The van der Waals surface area contributed by atoms with Gasteiger partial charge in [0.2, 0.25) is 0 Å². The van der Waals surface area contributed by atoms with Crippen molar-refractivity contribution in [3.8, 4) is 0 Å². The third-order valence-corrected chi connectivity index (χ3v) is 5.30. The average Bonchev–Trinajstić information content (AvgIpc) is 2.73. The molecule has 0 unspecified atom stereocenters. The van der Waals surface area contributed by atoms with Crippen LogP contribution in [0.2, 0.25) is 0 Å². The first kappa shape index (κ1) is 12.6. The van der Waals surface area contributed by atoms with Crippen LogP contribution in [-0.4, -0.2) is 10.8 Å². The zero-order valence-corrected chi connectivity index (χ0v) is 12.1. The molecule has 4 heteroatoms. The van der Waals surface area contributed by atoms with Gasteiger partial charge in [0, 0.05) is 18.0 Å². The maximum atomic E-state index is 11.6. The Morgan fingerprint density at radius 1 is 1.58 bits per heavy atom. The van der Waals surface area contributed by atoms with Crippen molar-refractivity contribution in [1.29, 1.82) is 0 Å². The van der Waals surface area contributed by atoms with Gasteiger partial charge in [0.1, 0.15) is 4.83 Å². The Labute approximate surface area is 116 Å². The fourth-order valence-electron chi connectivity index (χ4n) is 2.88. The van der Waals surface area contributed by atoms with Crippen LogP contribution in [0.3, 0.4) is 0 Å². The highest BCUT2D eigenvalue weighted by molar-refractivity contribution is 7.21. The highest BCUT2D eigenvalue weighted by Crippen LogP contribution is 2.36. The summed E-state index contributed by atoms with van der Waals surface area (Å²) in [5.74, 6) is 0.795. The molecule has 0 aliphatic heterocycles. The number of nitrogens with two attached hydrogens (primary N) is 1. The number of carbonyl (C=O) groups excluding carboxylic acids is 1. The summed E-state index contributed by atoms with van der Waals surface area (Å²) in [5.41, 5.74) is 9.23. The van der Waals surface area contributed by atoms with E-state index < -0.39 is 0 Å². The van der Waals surface area contributed by atoms with Crippen LogP contribution in [0.5, 0.6) is 0 Å². The van der Waals surface area contributed by atoms with Crippen LogP contribution in [-0.2, 0) is 12.8 Å². The number of nitrogens with zero attached hydrogens (tertiary/aromatic N) is 1. The van der Waals surface area contributed by atoms with E-state index in [4.69, 9.17) is 10.7 Å². The van der Waals surface area contributed by atoms with Crippen LogP contribution in [0.25, 0.3) is 10.2 Å². The van der Waals surface area contributed by atoms with Crippen molar-refractivity contribution in [2.24, 2.45) is 5.92 Å². The van der Waals surface area contributed by atoms with Gasteiger partial charge in [0.05, 0.1) is 10.6 Å². The van der Waals surface area contributed by atoms with E-state index in [0.29, 0.717) is 10.6 Å². The lowest BCUT2D eigenvalue weighted by atomic mass is 9.85. The van der Waals surface area contributed by atoms with E-state index in [1.54, 1.807) is 6.92 Å². The Hall–Kier alpha value is -1.42. The van der Waals surface area contributed by atoms with Crippen molar-refractivity contribution >= 4 is 33.0 Å². The Balaban J connectivity index is 2.14. The molecule has 0 saturated carbocycles. The molecule has 2 N–H and O–H groups in total. The second-order valence-electron chi connectivity index (χ2n) is 5.37. The largest absolute Gasteiger partial charge is 0.397 e. The SMILES string of the molecule is CC[C@H]1CCc2nc3sc(C(C)=O)c(N)c3cc2C1. The number of Topliss-reactive ketones (excluding diaryl/α,β-unsaturated/α-hetero) is 1. The van der Waals surface area contributed by atoms with Crippen LogP contribution in [0, 0.1) is 5.92 Å². The summed E-state index contributed by atoms with van der Waals surface area (Å²) < 4.78 is 0. The molecule has 2 aromatic rings. The van der Waals surface area contributed by atoms with Crippen molar-refractivity contribution < 1.29 is 4.79 Å². The number of aromatic nitrogens is 1. The Kier molecular flexibility index (Phi) is 3.05. The first-order chi connectivity index (χ1) is 9.10. The molecule has 3 nitrogen and oxygen atoms in total. The number of ketones is 1. The molecule has 0 saturated heterocycles. The third kappa shape index (κ3) is 2.04. The molecule has 1 atom stereocenters. The topological polar surface area (TPSA) is 56.0 Å². The second kappa shape index (κ2) is 4.60. The van der Waals surface area contributed by atoms with Crippen molar-refractivity contribution in [2.45, 2.75) is 39.5 Å². The summed E-state index contributed by atoms with van der Waals surface area (Å²) in [6, 6.07) is 2.16. The zero-order chi connectivity index (χ0) is 13.6. The molecule has 0 radical (unpaired) electrons. The van der Waals surface area contributed by atoms with Crippen LogP contribution in [0.1, 0.15) is 47.6 Å². The van der Waals surface area contributed by atoms with Crippen molar-refractivity contribution in [2.75, 3.05) is 5.73 Å². The van der Waals surface area contributed by atoms with Gasteiger partial charge in [-0.15, -0.1) is 11.3 Å². The van der Waals surface area contributed by atoms with E-state index in [1.165, 1.54) is 35.4 Å². The predicted octanol–water partition coefficient (Wildman–Crippen LogP) is 3.60. The zero-order valence-electron chi connectivity index (χ0n) is 11.3. The minimum absolute atomic E-state index is 0.0323. The third-order valence-electron chi connectivity index (χ3n) is 4.08. The molecule has 2 aromatic heterocycles. The van der Waals surface area contributed by atoms with Gasteiger partial charge in [0.15, 0.2) is 5.78 Å². The van der Waals surface area contributed by atoms with Gasteiger partial charge in [-0.25, -0.2) is 4.98 Å². The van der Waals surface area contributed by atoms with Gasteiger partial charge in [-0.1, -0.05) is 13.3 Å². The summed E-state index contributed by atoms with van der Waals surface area (Å²) in [5, 5.41) is 0.964. The van der Waals surface area contributed by atoms with E-state index in [9.17, 15) is 4.79 Å². The summed E-state index contributed by atoms with van der Waals surface area (Å²) in [7, 11) is 0. The van der Waals surface area contributed by atoms with Crippen LogP contribution < -0.4 is 5.73 Å². The first-order valence-electron chi connectivity index (χ1n) is 6.81. The van der Waals surface area contributed by atoms with E-state index >= 15 is 0 Å². The van der Waals surface area contributed by atoms with Crippen molar-refractivity contribution in [3.63, 3.8) is 0 Å². The number of rotatable bonds is 2. The molecule has 100 valence electrons. The van der Waals surface area contributed by atoms with Gasteiger partial charge in [-0.05, 0) is 36.8 Å². The predicted molar refractivity (Wildman–Crippen MR) is 79.8 cm³/mol. The summed E-state index contributed by atoms with van der Waals surface area (Å²) in [6.07, 6.45) is 4.59. The quantitative estimate of drug-likeness (QED) is 0.851. The van der Waals surface area contributed by atoms with Gasteiger partial charge >= 0.3 is 0 Å². The van der Waals surface area contributed by atoms with Gasteiger partial charge in [-0.2, -0.15) is 0 Å². The van der Waals surface area contributed by atoms with E-state index in [-0.39, 0.29) is 5.78 Å². The molecular weight excluding hydrogens is 256 g/mol. The highest BCUT2D eigenvalue weighted by atomic mass is 32.1. The maximum absolute atomic E-state index is 11.6. The molecule has 0 amide bonds. The molecular formula is C15H18N2OS. The van der Waals surface area contributed by atoms with Crippen LogP contribution in [0.15, 0.2) is 6.07 Å². The molecule has 0 bridgehead atoms. The van der Waals surface area contributed by atoms with Gasteiger partial charge in [-0.3, -0.25) is 4.79 Å².